The number of Topliss-reactive ketones (excluding diaryl/α,β-unsaturated/α-hetero) is 1. The van der Waals surface area contributed by atoms with Crippen molar-refractivity contribution in [2.24, 2.45) is 4.99 Å². The summed E-state index contributed by atoms with van der Waals surface area (Å²) < 4.78 is 0. The van der Waals surface area contributed by atoms with E-state index in [2.05, 4.69) is 115 Å². The average molecular weight is 614 g/mol. The molecule has 0 saturated carbocycles. The number of hydrogen-bond donors (Lipinski definition) is 0. The molecule has 0 spiro atoms. The SMILES string of the molecule is C=C.C=CN=C(Cc1cccc(C)c1)/C(C)=C/C(=C\C)C(=C)CCC.CC.CC(=O)c1cc(C)cc(C)c1.CCCCCCC. The Morgan fingerprint density at radius 2 is 1.38 bits per heavy atom. The van der Waals surface area contributed by atoms with Crippen LogP contribution in [-0.2, 0) is 6.42 Å². The maximum absolute atomic E-state index is 10.9. The lowest BCUT2D eigenvalue weighted by Gasteiger charge is -2.10. The van der Waals surface area contributed by atoms with E-state index in [1.165, 1.54) is 54.4 Å². The molecule has 0 amide bonds. The van der Waals surface area contributed by atoms with Gasteiger partial charge >= 0.3 is 0 Å². The molecule has 2 heteroatoms. The monoisotopic (exact) mass is 614 g/mol. The third-order valence-corrected chi connectivity index (χ3v) is 6.63. The first kappa shape index (κ1) is 45.9. The van der Waals surface area contributed by atoms with Crippen LogP contribution in [0.25, 0.3) is 0 Å². The summed E-state index contributed by atoms with van der Waals surface area (Å²) in [7, 11) is 0. The summed E-state index contributed by atoms with van der Waals surface area (Å²) in [6.07, 6.45) is 15.9. The van der Waals surface area contributed by atoms with Crippen LogP contribution < -0.4 is 0 Å². The second-order valence-electron chi connectivity index (χ2n) is 10.8. The molecular weight excluding hydrogens is 546 g/mol. The number of aliphatic imine (C=N–C) groups is 1. The van der Waals surface area contributed by atoms with E-state index >= 15 is 0 Å². The van der Waals surface area contributed by atoms with Gasteiger partial charge in [-0.2, -0.15) is 0 Å². The molecule has 2 aromatic rings. The number of hydrogen-bond acceptors (Lipinski definition) is 2. The Morgan fingerprint density at radius 1 is 0.822 bits per heavy atom. The second kappa shape index (κ2) is 30.5. The number of nitrogens with zero attached hydrogens (tertiary/aromatic N) is 1. The number of aryl methyl sites for hydroxylation is 3. The van der Waals surface area contributed by atoms with Crippen LogP contribution >= 0.6 is 0 Å². The van der Waals surface area contributed by atoms with Gasteiger partial charge < -0.3 is 0 Å². The number of ketones is 1. The Bertz CT molecular complexity index is 1170. The summed E-state index contributed by atoms with van der Waals surface area (Å²) in [6.45, 7) is 36.5. The molecule has 0 aliphatic carbocycles. The molecule has 2 nitrogen and oxygen atoms in total. The van der Waals surface area contributed by atoms with E-state index in [-0.39, 0.29) is 5.78 Å². The smallest absolute Gasteiger partial charge is 0.159 e. The summed E-state index contributed by atoms with van der Waals surface area (Å²) in [4.78, 5) is 15.4. The molecule has 250 valence electrons. The molecule has 0 unspecified atom stereocenters. The zero-order valence-electron chi connectivity index (χ0n) is 31.1. The third kappa shape index (κ3) is 23.5. The molecule has 0 N–H and O–H groups in total. The Balaban J connectivity index is -0.000000661. The quantitative estimate of drug-likeness (QED) is 0.0726. The number of benzene rings is 2. The normalized spacial score (nSPS) is 10.8. The number of carbonyl (C=O) groups is 1. The predicted octanol–water partition coefficient (Wildman–Crippen LogP) is 13.7. The minimum absolute atomic E-state index is 0.136. The van der Waals surface area contributed by atoms with E-state index < -0.39 is 0 Å². The van der Waals surface area contributed by atoms with E-state index in [0.717, 1.165) is 47.2 Å². The molecule has 0 aliphatic heterocycles. The largest absolute Gasteiger partial charge is 0.295 e. The fraction of sp³-hybridized carbons (Fsp3) is 0.442. The van der Waals surface area contributed by atoms with E-state index in [9.17, 15) is 4.79 Å². The summed E-state index contributed by atoms with van der Waals surface area (Å²) in [5, 5.41) is 0. The number of allylic oxidation sites excluding steroid dienone is 5. The van der Waals surface area contributed by atoms with Crippen LogP contribution in [0.1, 0.15) is 133 Å². The summed E-state index contributed by atoms with van der Waals surface area (Å²) in [6, 6.07) is 14.4. The molecule has 2 aromatic carbocycles. The number of unbranched alkanes of at least 4 members (excludes halogenated alkanes) is 4. The molecule has 0 heterocycles. The van der Waals surface area contributed by atoms with Crippen molar-refractivity contribution in [1.82, 2.24) is 0 Å². The van der Waals surface area contributed by atoms with Gasteiger partial charge in [0.05, 0.1) is 0 Å². The van der Waals surface area contributed by atoms with Crippen LogP contribution in [0.5, 0.6) is 0 Å². The molecule has 0 fully saturated rings. The second-order valence-corrected chi connectivity index (χ2v) is 10.8. The van der Waals surface area contributed by atoms with Gasteiger partial charge in [-0.15, -0.1) is 13.2 Å². The lowest BCUT2D eigenvalue weighted by molar-refractivity contribution is 0.101. The Hall–Kier alpha value is -3.52. The fourth-order valence-electron chi connectivity index (χ4n) is 4.42. The van der Waals surface area contributed by atoms with E-state index in [0.29, 0.717) is 0 Å². The van der Waals surface area contributed by atoms with Crippen molar-refractivity contribution in [2.75, 3.05) is 0 Å². The summed E-state index contributed by atoms with van der Waals surface area (Å²) in [5.74, 6) is 0.136. The van der Waals surface area contributed by atoms with Gasteiger partial charge in [-0.3, -0.25) is 9.79 Å². The van der Waals surface area contributed by atoms with Crippen molar-refractivity contribution < 1.29 is 4.79 Å². The van der Waals surface area contributed by atoms with Gasteiger partial charge in [-0.25, -0.2) is 0 Å². The topological polar surface area (TPSA) is 29.4 Å². The zero-order chi connectivity index (χ0) is 35.2. The minimum Gasteiger partial charge on any atom is -0.295 e. The van der Waals surface area contributed by atoms with Crippen molar-refractivity contribution in [3.05, 3.63) is 132 Å². The maximum atomic E-state index is 10.9. The van der Waals surface area contributed by atoms with Crippen LogP contribution in [0.4, 0.5) is 0 Å². The zero-order valence-corrected chi connectivity index (χ0v) is 31.1. The first-order valence-electron chi connectivity index (χ1n) is 16.9. The molecule has 0 bridgehead atoms. The van der Waals surface area contributed by atoms with Crippen molar-refractivity contribution >= 4 is 11.5 Å². The molecule has 0 aliphatic rings. The summed E-state index contributed by atoms with van der Waals surface area (Å²) in [5.41, 5.74) is 10.2. The summed E-state index contributed by atoms with van der Waals surface area (Å²) >= 11 is 0. The van der Waals surface area contributed by atoms with Crippen LogP contribution in [0, 0.1) is 20.8 Å². The molecule has 0 saturated heterocycles. The number of carbonyl (C=O) groups excluding carboxylic acids is 1. The maximum Gasteiger partial charge on any atom is 0.159 e. The van der Waals surface area contributed by atoms with Gasteiger partial charge in [0.25, 0.3) is 0 Å². The highest BCUT2D eigenvalue weighted by Gasteiger charge is 2.07. The molecule has 0 radical (unpaired) electrons. The molecule has 0 atom stereocenters. The predicted molar refractivity (Wildman–Crippen MR) is 207 cm³/mol. The van der Waals surface area contributed by atoms with Gasteiger partial charge in [-0.05, 0) is 82.4 Å². The van der Waals surface area contributed by atoms with Gasteiger partial charge in [0.1, 0.15) is 0 Å². The number of rotatable bonds is 13. The van der Waals surface area contributed by atoms with Gasteiger partial charge in [-0.1, -0.05) is 145 Å². The van der Waals surface area contributed by atoms with Crippen molar-refractivity contribution in [3.8, 4) is 0 Å². The highest BCUT2D eigenvalue weighted by Crippen LogP contribution is 2.19. The lowest BCUT2D eigenvalue weighted by atomic mass is 9.96. The van der Waals surface area contributed by atoms with Crippen LogP contribution in [0.2, 0.25) is 0 Å². The standard InChI is InChI=1S/C22H29N.C10H12O.C7H16.C2H6.C2H4/c1-7-11-18(5)21(8-2)15-19(6)22(23-9-3)16-20-13-10-12-17(4)14-20;1-7-4-8(2)6-10(5-7)9(3)11;1-3-5-7-6-4-2;2*1-2/h8-10,12-15H,3,5,7,11,16H2,1-2,4,6H3;4-6H,1-3H3;3-7H2,1-2H3;1-2H3;1-2H2/b19-15+,21-8+,23-22?;;;;. The molecule has 2 rings (SSSR count). The first-order valence-corrected chi connectivity index (χ1v) is 16.9. The minimum atomic E-state index is 0.136. The molecular formula is C43H67NO. The highest BCUT2D eigenvalue weighted by atomic mass is 16.1. The Morgan fingerprint density at radius 3 is 1.80 bits per heavy atom. The van der Waals surface area contributed by atoms with E-state index in [1.54, 1.807) is 13.1 Å². The van der Waals surface area contributed by atoms with Crippen molar-refractivity contribution in [2.45, 2.75) is 128 Å². The van der Waals surface area contributed by atoms with Gasteiger partial charge in [0, 0.05) is 23.9 Å². The molecule has 45 heavy (non-hydrogen) atoms. The third-order valence-electron chi connectivity index (χ3n) is 6.63. The van der Waals surface area contributed by atoms with Crippen LogP contribution in [0.3, 0.4) is 0 Å². The van der Waals surface area contributed by atoms with Crippen molar-refractivity contribution in [1.29, 1.82) is 0 Å². The van der Waals surface area contributed by atoms with Crippen LogP contribution in [0.15, 0.2) is 109 Å². The van der Waals surface area contributed by atoms with Crippen molar-refractivity contribution in [3.63, 3.8) is 0 Å². The molecule has 0 aromatic heterocycles. The van der Waals surface area contributed by atoms with E-state index in [1.807, 2.05) is 39.8 Å². The lowest BCUT2D eigenvalue weighted by Crippen LogP contribution is -2.05. The first-order chi connectivity index (χ1) is 21.5. The average Bonchev–Trinajstić information content (AvgIpc) is 3.02. The Labute approximate surface area is 279 Å². The van der Waals surface area contributed by atoms with Gasteiger partial charge in [0.15, 0.2) is 5.78 Å². The highest BCUT2D eigenvalue weighted by molar-refractivity contribution is 6.01. The van der Waals surface area contributed by atoms with Crippen LogP contribution in [-0.4, -0.2) is 11.5 Å². The Kier molecular flexibility index (Phi) is 31.1. The fourth-order valence-corrected chi connectivity index (χ4v) is 4.42. The van der Waals surface area contributed by atoms with Gasteiger partial charge in [0.2, 0.25) is 0 Å². The van der Waals surface area contributed by atoms with E-state index in [4.69, 9.17) is 0 Å².